The van der Waals surface area contributed by atoms with Crippen molar-refractivity contribution in [2.24, 2.45) is 5.92 Å². The lowest BCUT2D eigenvalue weighted by molar-refractivity contribution is -0.138. The summed E-state index contributed by atoms with van der Waals surface area (Å²) in [6, 6.07) is 13.5. The molecule has 0 radical (unpaired) electrons. The van der Waals surface area contributed by atoms with Gasteiger partial charge in [-0.15, -0.1) is 0 Å². The number of anilines is 6. The Balaban J connectivity index is 1.18. The summed E-state index contributed by atoms with van der Waals surface area (Å²) in [4.78, 5) is 26.8. The van der Waals surface area contributed by atoms with Crippen LogP contribution < -0.4 is 25.0 Å². The molecule has 14 heteroatoms. The third kappa shape index (κ3) is 8.57. The van der Waals surface area contributed by atoms with Crippen LogP contribution in [0.15, 0.2) is 48.7 Å². The zero-order valence-electron chi connectivity index (χ0n) is 25.0. The van der Waals surface area contributed by atoms with Crippen molar-refractivity contribution < 1.29 is 19.2 Å². The highest BCUT2D eigenvalue weighted by Gasteiger charge is 2.25. The summed E-state index contributed by atoms with van der Waals surface area (Å²) in [5, 5.41) is 15.8. The molecule has 0 aliphatic carbocycles. The molecule has 2 aliphatic rings. The van der Waals surface area contributed by atoms with Crippen LogP contribution in [0, 0.1) is 5.92 Å². The summed E-state index contributed by atoms with van der Waals surface area (Å²) in [5.74, 6) is 1.31. The molecule has 2 fully saturated rings. The number of methoxy groups -OCH3 is 1. The van der Waals surface area contributed by atoms with Gasteiger partial charge >= 0.3 is 5.97 Å². The molecule has 5 rings (SSSR count). The summed E-state index contributed by atoms with van der Waals surface area (Å²) < 4.78 is 20.4. The lowest BCUT2D eigenvalue weighted by Gasteiger charge is -2.39. The van der Waals surface area contributed by atoms with Crippen LogP contribution >= 0.6 is 11.6 Å². The van der Waals surface area contributed by atoms with Crippen molar-refractivity contribution in [2.75, 3.05) is 86.0 Å². The number of rotatable bonds is 12. The van der Waals surface area contributed by atoms with Gasteiger partial charge in [-0.3, -0.25) is 9.69 Å². The Labute approximate surface area is 266 Å². The highest BCUT2D eigenvalue weighted by Crippen LogP contribution is 2.35. The van der Waals surface area contributed by atoms with Crippen LogP contribution in [-0.2, 0) is 16.2 Å². The molecule has 3 heterocycles. The average molecular weight is 643 g/mol. The van der Waals surface area contributed by atoms with Gasteiger partial charge < -0.3 is 34.8 Å². The minimum atomic E-state index is -1.24. The van der Waals surface area contributed by atoms with Crippen molar-refractivity contribution in [3.63, 3.8) is 0 Å². The van der Waals surface area contributed by atoms with E-state index in [-0.39, 0.29) is 6.54 Å². The maximum Gasteiger partial charge on any atom is 0.317 e. The maximum atomic E-state index is 11.7. The molecular weight excluding hydrogens is 604 g/mol. The third-order valence-electron chi connectivity index (χ3n) is 7.93. The number of hydrogen-bond donors (Lipinski definition) is 4. The molecule has 2 aromatic carbocycles. The number of carboxylic acid groups (broad SMARTS) is 1. The highest BCUT2D eigenvalue weighted by atomic mass is 35.5. The van der Waals surface area contributed by atoms with Gasteiger partial charge in [0.2, 0.25) is 5.95 Å². The fourth-order valence-corrected chi connectivity index (χ4v) is 6.27. The molecule has 0 spiro atoms. The second-order valence-electron chi connectivity index (χ2n) is 11.0. The standard InChI is InChI=1S/C30H39ClN8O4S/c1-43-27-17-22(39-11-9-21(10-12-39)19-37-13-15-38(16-14-37)20-28(40)41)7-8-26(27)34-30-32-18-23(31)29(35-30)33-24-5-3-4-6-25(24)36-44(2)42/h3-8,17-18,21,36H,9-16,19-20H2,1-2H3,(H,40,41)(H2,32,33,34,35). The zero-order chi connectivity index (χ0) is 31.1. The van der Waals surface area contributed by atoms with Gasteiger partial charge in [-0.1, -0.05) is 23.7 Å². The monoisotopic (exact) mass is 642 g/mol. The van der Waals surface area contributed by atoms with Crippen LogP contribution in [-0.4, -0.2) is 101 Å². The lowest BCUT2D eigenvalue weighted by atomic mass is 9.95. The van der Waals surface area contributed by atoms with Crippen LogP contribution in [0.4, 0.5) is 34.5 Å². The van der Waals surface area contributed by atoms with E-state index in [9.17, 15) is 9.35 Å². The number of ether oxygens (including phenoxy) is 1. The summed E-state index contributed by atoms with van der Waals surface area (Å²) in [7, 11) is 1.64. The van der Waals surface area contributed by atoms with Gasteiger partial charge in [-0.2, -0.15) is 4.98 Å². The first-order valence-electron chi connectivity index (χ1n) is 14.6. The van der Waals surface area contributed by atoms with E-state index >= 15 is 0 Å². The number of hydrogen-bond acceptors (Lipinski definition) is 11. The first kappa shape index (κ1) is 31.9. The van der Waals surface area contributed by atoms with E-state index in [1.807, 2.05) is 41.3 Å². The van der Waals surface area contributed by atoms with E-state index in [1.165, 1.54) is 6.20 Å². The number of nitrogens with one attached hydrogen (secondary N) is 3. The normalized spacial score (nSPS) is 17.2. The average Bonchev–Trinajstić information content (AvgIpc) is 3.01. The Bertz CT molecular complexity index is 1420. The number of piperidine rings is 1. The summed E-state index contributed by atoms with van der Waals surface area (Å²) in [6.45, 7) is 6.63. The molecule has 4 N–H and O–H groups in total. The van der Waals surface area contributed by atoms with Gasteiger partial charge in [0.05, 0.1) is 42.6 Å². The number of benzene rings is 2. The molecule has 0 bridgehead atoms. The summed E-state index contributed by atoms with van der Waals surface area (Å²) >= 11 is 5.17. The number of para-hydroxylation sites is 2. The van der Waals surface area contributed by atoms with E-state index in [4.69, 9.17) is 21.4 Å². The van der Waals surface area contributed by atoms with Gasteiger partial charge in [0.25, 0.3) is 0 Å². The fraction of sp³-hybridized carbons (Fsp3) is 0.433. The Morgan fingerprint density at radius 1 is 1.05 bits per heavy atom. The SMILES string of the molecule is COc1cc(N2CCC(CN3CCN(CC(=O)O)CC3)CC2)ccc1Nc1ncc(Cl)c(Nc2ccccc2N[S+](C)[O-])n1. The van der Waals surface area contributed by atoms with Crippen molar-refractivity contribution >= 4 is 63.4 Å². The van der Waals surface area contributed by atoms with Gasteiger partial charge in [0.1, 0.15) is 22.7 Å². The van der Waals surface area contributed by atoms with Crippen molar-refractivity contribution in [3.05, 3.63) is 53.7 Å². The van der Waals surface area contributed by atoms with Crippen LogP contribution in [0.3, 0.4) is 0 Å². The quantitative estimate of drug-likeness (QED) is 0.210. The van der Waals surface area contributed by atoms with E-state index in [0.29, 0.717) is 39.8 Å². The molecule has 1 aromatic heterocycles. The smallest absolute Gasteiger partial charge is 0.317 e. The molecule has 12 nitrogen and oxygen atoms in total. The number of halogens is 1. The lowest BCUT2D eigenvalue weighted by Crippen LogP contribution is -2.49. The second kappa shape index (κ2) is 15.0. The molecule has 1 atom stereocenters. The van der Waals surface area contributed by atoms with Gasteiger partial charge in [0.15, 0.2) is 5.82 Å². The predicted molar refractivity (Wildman–Crippen MR) is 176 cm³/mol. The molecule has 2 saturated heterocycles. The van der Waals surface area contributed by atoms with Crippen LogP contribution in [0.1, 0.15) is 12.8 Å². The van der Waals surface area contributed by atoms with Crippen LogP contribution in [0.5, 0.6) is 5.75 Å². The molecule has 236 valence electrons. The molecule has 1 unspecified atom stereocenters. The van der Waals surface area contributed by atoms with Crippen molar-refractivity contribution in [3.8, 4) is 5.75 Å². The summed E-state index contributed by atoms with van der Waals surface area (Å²) in [5.41, 5.74) is 3.17. The Hall–Kier alpha value is -3.49. The second-order valence-corrected chi connectivity index (χ2v) is 12.5. The zero-order valence-corrected chi connectivity index (χ0v) is 26.5. The number of carboxylic acids is 1. The van der Waals surface area contributed by atoms with Gasteiger partial charge in [0, 0.05) is 57.6 Å². The topological polar surface area (TPSA) is 141 Å². The Kier molecular flexibility index (Phi) is 10.9. The van der Waals surface area contributed by atoms with E-state index in [1.54, 1.807) is 13.4 Å². The minimum absolute atomic E-state index is 0.131. The van der Waals surface area contributed by atoms with E-state index < -0.39 is 17.3 Å². The number of aromatic nitrogens is 2. The first-order valence-corrected chi connectivity index (χ1v) is 16.6. The van der Waals surface area contributed by atoms with Crippen molar-refractivity contribution in [2.45, 2.75) is 12.8 Å². The van der Waals surface area contributed by atoms with Crippen molar-refractivity contribution in [1.82, 2.24) is 19.8 Å². The minimum Gasteiger partial charge on any atom is -0.593 e. The molecule has 2 aliphatic heterocycles. The molecule has 0 saturated carbocycles. The van der Waals surface area contributed by atoms with Crippen LogP contribution in [0.25, 0.3) is 0 Å². The van der Waals surface area contributed by atoms with Gasteiger partial charge in [-0.25, -0.2) is 9.71 Å². The highest BCUT2D eigenvalue weighted by molar-refractivity contribution is 7.92. The number of aliphatic carboxylic acids is 1. The Morgan fingerprint density at radius 3 is 2.43 bits per heavy atom. The number of nitrogens with zero attached hydrogens (tertiary/aromatic N) is 5. The van der Waals surface area contributed by atoms with Crippen molar-refractivity contribution in [1.29, 1.82) is 0 Å². The maximum absolute atomic E-state index is 11.7. The Morgan fingerprint density at radius 2 is 1.75 bits per heavy atom. The van der Waals surface area contributed by atoms with Gasteiger partial charge in [-0.05, 0) is 43.0 Å². The van der Waals surface area contributed by atoms with Crippen LogP contribution in [0.2, 0.25) is 5.02 Å². The predicted octanol–water partition coefficient (Wildman–Crippen LogP) is 4.25. The largest absolute Gasteiger partial charge is 0.593 e. The third-order valence-corrected chi connectivity index (χ3v) is 8.71. The van der Waals surface area contributed by atoms with E-state index in [2.05, 4.69) is 41.2 Å². The first-order chi connectivity index (χ1) is 21.3. The molecular formula is C30H39ClN8O4S. The summed E-state index contributed by atoms with van der Waals surface area (Å²) in [6.07, 6.45) is 5.31. The molecule has 3 aromatic rings. The molecule has 44 heavy (non-hydrogen) atoms. The fourth-order valence-electron chi connectivity index (χ4n) is 5.64. The van der Waals surface area contributed by atoms with E-state index in [0.717, 1.165) is 70.0 Å². The number of carbonyl (C=O) groups is 1. The number of piperazine rings is 1. The molecule has 0 amide bonds.